The second-order valence-corrected chi connectivity index (χ2v) is 5.48. The molecule has 11 nitrogen and oxygen atoms in total. The molecular formula is C15H11N5O6S. The van der Waals surface area contributed by atoms with Gasteiger partial charge in [-0.05, 0) is 24.4 Å². The molecule has 2 amide bonds. The van der Waals surface area contributed by atoms with Crippen molar-refractivity contribution in [1.82, 2.24) is 5.32 Å². The first-order valence-corrected chi connectivity index (χ1v) is 7.55. The van der Waals surface area contributed by atoms with Crippen molar-refractivity contribution in [3.05, 3.63) is 73.8 Å². The number of nitrogens with zero attached hydrogens (tertiary/aromatic N) is 2. The summed E-state index contributed by atoms with van der Waals surface area (Å²) in [7, 11) is 0. The summed E-state index contributed by atoms with van der Waals surface area (Å²) in [6.45, 7) is 0. The molecule has 0 aromatic heterocycles. The number of benzene rings is 2. The first kappa shape index (κ1) is 19.4. The lowest BCUT2D eigenvalue weighted by atomic mass is 10.1. The van der Waals surface area contributed by atoms with Crippen LogP contribution in [0.2, 0.25) is 0 Å². The van der Waals surface area contributed by atoms with Crippen LogP contribution in [-0.4, -0.2) is 26.8 Å². The van der Waals surface area contributed by atoms with Crippen molar-refractivity contribution in [3.8, 4) is 0 Å². The molecule has 4 N–H and O–H groups in total. The number of carbonyl (C=O) groups excluding carboxylic acids is 2. The van der Waals surface area contributed by atoms with Gasteiger partial charge >= 0.3 is 0 Å². The number of nitrogens with two attached hydrogens (primary N) is 1. The van der Waals surface area contributed by atoms with Gasteiger partial charge in [-0.2, -0.15) is 0 Å². The zero-order chi connectivity index (χ0) is 20.1. The average molecular weight is 389 g/mol. The van der Waals surface area contributed by atoms with E-state index < -0.39 is 33.0 Å². The van der Waals surface area contributed by atoms with Crippen LogP contribution in [0.1, 0.15) is 20.7 Å². The minimum atomic E-state index is -0.907. The van der Waals surface area contributed by atoms with Crippen LogP contribution in [0.4, 0.5) is 17.1 Å². The molecule has 0 aliphatic heterocycles. The van der Waals surface area contributed by atoms with Gasteiger partial charge in [0.25, 0.3) is 23.2 Å². The summed E-state index contributed by atoms with van der Waals surface area (Å²) >= 11 is 4.96. The maximum absolute atomic E-state index is 12.2. The maximum Gasteiger partial charge on any atom is 0.277 e. The summed E-state index contributed by atoms with van der Waals surface area (Å²) in [5, 5.41) is 26.4. The van der Waals surface area contributed by atoms with Crippen LogP contribution in [0.3, 0.4) is 0 Å². The number of para-hydroxylation sites is 1. The minimum Gasteiger partial charge on any atom is -0.366 e. The van der Waals surface area contributed by atoms with Gasteiger partial charge in [-0.25, -0.2) is 0 Å². The molecule has 2 aromatic rings. The zero-order valence-electron chi connectivity index (χ0n) is 13.4. The molecule has 0 spiro atoms. The number of amides is 2. The SMILES string of the molecule is NC(=O)c1ccccc1NC(=S)NC(=O)c1cc([N+](=O)[O-])cc([N+](=O)[O-])c1. The van der Waals surface area contributed by atoms with Crippen LogP contribution in [-0.2, 0) is 0 Å². The third kappa shape index (κ3) is 4.79. The van der Waals surface area contributed by atoms with Crippen molar-refractivity contribution >= 4 is 46.2 Å². The third-order valence-corrected chi connectivity index (χ3v) is 3.46. The fraction of sp³-hybridized carbons (Fsp3) is 0. The highest BCUT2D eigenvalue weighted by molar-refractivity contribution is 7.80. The van der Waals surface area contributed by atoms with Gasteiger partial charge in [0.2, 0.25) is 0 Å². The fourth-order valence-electron chi connectivity index (χ4n) is 2.07. The summed E-state index contributed by atoms with van der Waals surface area (Å²) in [6, 6.07) is 8.61. The molecule has 2 rings (SSSR count). The molecule has 0 bridgehead atoms. The number of anilines is 1. The smallest absolute Gasteiger partial charge is 0.277 e. The Balaban J connectivity index is 2.22. The number of nitrogens with one attached hydrogen (secondary N) is 2. The highest BCUT2D eigenvalue weighted by Crippen LogP contribution is 2.22. The second kappa shape index (κ2) is 7.97. The molecule has 0 saturated heterocycles. The van der Waals surface area contributed by atoms with E-state index >= 15 is 0 Å². The lowest BCUT2D eigenvalue weighted by Gasteiger charge is -2.12. The molecule has 0 unspecified atom stereocenters. The summed E-state index contributed by atoms with van der Waals surface area (Å²) in [5.41, 5.74) is 4.03. The van der Waals surface area contributed by atoms with Crippen molar-refractivity contribution < 1.29 is 19.4 Å². The molecule has 0 radical (unpaired) electrons. The molecule has 138 valence electrons. The Bertz CT molecular complexity index is 945. The standard InChI is InChI=1S/C15H11N5O6S/c16-13(21)11-3-1-2-4-12(11)17-15(27)18-14(22)8-5-9(19(23)24)7-10(6-8)20(25)26/h1-7H,(H2,16,21)(H2,17,18,22,27). The van der Waals surface area contributed by atoms with Gasteiger partial charge in [0.15, 0.2) is 5.11 Å². The number of hydrogen-bond donors (Lipinski definition) is 3. The first-order valence-electron chi connectivity index (χ1n) is 7.14. The van der Waals surface area contributed by atoms with E-state index in [0.717, 1.165) is 18.2 Å². The summed E-state index contributed by atoms with van der Waals surface area (Å²) in [4.78, 5) is 43.7. The van der Waals surface area contributed by atoms with E-state index in [0.29, 0.717) is 0 Å². The Labute approximate surface area is 156 Å². The number of carbonyl (C=O) groups is 2. The van der Waals surface area contributed by atoms with Crippen LogP contribution >= 0.6 is 12.2 Å². The number of thiocarbonyl (C=S) groups is 1. The second-order valence-electron chi connectivity index (χ2n) is 5.07. The molecule has 0 aliphatic rings. The number of nitro benzene ring substituents is 2. The van der Waals surface area contributed by atoms with Crippen molar-refractivity contribution in [2.75, 3.05) is 5.32 Å². The first-order chi connectivity index (χ1) is 12.7. The fourth-order valence-corrected chi connectivity index (χ4v) is 2.28. The molecule has 27 heavy (non-hydrogen) atoms. The molecule has 0 saturated carbocycles. The number of primary amides is 1. The van der Waals surface area contributed by atoms with Crippen molar-refractivity contribution in [3.63, 3.8) is 0 Å². The van der Waals surface area contributed by atoms with Crippen LogP contribution in [0.5, 0.6) is 0 Å². The molecule has 0 aliphatic carbocycles. The maximum atomic E-state index is 12.2. The van der Waals surface area contributed by atoms with Crippen LogP contribution < -0.4 is 16.4 Å². The number of non-ortho nitro benzene ring substituents is 2. The molecule has 0 heterocycles. The Morgan fingerprint density at radius 2 is 1.56 bits per heavy atom. The van der Waals surface area contributed by atoms with E-state index in [2.05, 4.69) is 10.6 Å². The van der Waals surface area contributed by atoms with E-state index in [1.54, 1.807) is 12.1 Å². The number of rotatable bonds is 5. The minimum absolute atomic E-state index is 0.125. The highest BCUT2D eigenvalue weighted by atomic mass is 32.1. The molecule has 12 heteroatoms. The highest BCUT2D eigenvalue weighted by Gasteiger charge is 2.20. The average Bonchev–Trinajstić information content (AvgIpc) is 2.61. The van der Waals surface area contributed by atoms with Crippen LogP contribution in [0, 0.1) is 20.2 Å². The van der Waals surface area contributed by atoms with Gasteiger partial charge in [0, 0.05) is 12.1 Å². The Hall–Kier alpha value is -3.93. The predicted octanol–water partition coefficient (Wildman–Crippen LogP) is 1.73. The van der Waals surface area contributed by atoms with Gasteiger partial charge < -0.3 is 11.1 Å². The van der Waals surface area contributed by atoms with E-state index in [1.165, 1.54) is 12.1 Å². The number of nitro groups is 2. The monoisotopic (exact) mass is 389 g/mol. The topological polar surface area (TPSA) is 170 Å². The Morgan fingerprint density at radius 3 is 2.07 bits per heavy atom. The largest absolute Gasteiger partial charge is 0.366 e. The third-order valence-electron chi connectivity index (χ3n) is 3.25. The van der Waals surface area contributed by atoms with Crippen molar-refractivity contribution in [2.45, 2.75) is 0 Å². The van der Waals surface area contributed by atoms with E-state index in [-0.39, 0.29) is 21.9 Å². The van der Waals surface area contributed by atoms with Crippen molar-refractivity contribution in [1.29, 1.82) is 0 Å². The summed E-state index contributed by atoms with van der Waals surface area (Å²) in [6.07, 6.45) is 0. The lowest BCUT2D eigenvalue weighted by Crippen LogP contribution is -2.34. The Kier molecular flexibility index (Phi) is 5.72. The summed E-state index contributed by atoms with van der Waals surface area (Å²) in [5.74, 6) is -1.63. The van der Waals surface area contributed by atoms with Crippen molar-refractivity contribution in [2.24, 2.45) is 5.73 Å². The van der Waals surface area contributed by atoms with Gasteiger partial charge in [0.05, 0.1) is 32.7 Å². The lowest BCUT2D eigenvalue weighted by molar-refractivity contribution is -0.394. The zero-order valence-corrected chi connectivity index (χ0v) is 14.2. The van der Waals surface area contributed by atoms with Crippen LogP contribution in [0.15, 0.2) is 42.5 Å². The van der Waals surface area contributed by atoms with Gasteiger partial charge in [-0.1, -0.05) is 12.1 Å². The van der Waals surface area contributed by atoms with Gasteiger partial charge in [-0.15, -0.1) is 0 Å². The Morgan fingerprint density at radius 1 is 1.00 bits per heavy atom. The van der Waals surface area contributed by atoms with Gasteiger partial charge in [-0.3, -0.25) is 35.1 Å². The van der Waals surface area contributed by atoms with E-state index in [9.17, 15) is 29.8 Å². The van der Waals surface area contributed by atoms with Gasteiger partial charge in [0.1, 0.15) is 0 Å². The van der Waals surface area contributed by atoms with E-state index in [1.807, 2.05) is 0 Å². The molecule has 2 aromatic carbocycles. The molecule has 0 fully saturated rings. The van der Waals surface area contributed by atoms with Crippen LogP contribution in [0.25, 0.3) is 0 Å². The predicted molar refractivity (Wildman–Crippen MR) is 98.4 cm³/mol. The van der Waals surface area contributed by atoms with E-state index in [4.69, 9.17) is 18.0 Å². The molecular weight excluding hydrogens is 378 g/mol. The quantitative estimate of drug-likeness (QED) is 0.394. The normalized spacial score (nSPS) is 9.93. The number of hydrogen-bond acceptors (Lipinski definition) is 7. The summed E-state index contributed by atoms with van der Waals surface area (Å²) < 4.78 is 0. The molecule has 0 atom stereocenters.